The topological polar surface area (TPSA) is 52.6 Å². The molecule has 0 radical (unpaired) electrons. The summed E-state index contributed by atoms with van der Waals surface area (Å²) in [7, 11) is 2.06. The minimum absolute atomic E-state index is 0.127. The average molecular weight is 369 g/mol. The molecule has 1 aromatic carbocycles. The van der Waals surface area contributed by atoms with Crippen LogP contribution in [-0.2, 0) is 4.79 Å². The number of thiophene rings is 1. The van der Waals surface area contributed by atoms with Gasteiger partial charge in [0, 0.05) is 30.1 Å². The first kappa shape index (κ1) is 18.4. The fourth-order valence-electron chi connectivity index (χ4n) is 2.87. The minimum atomic E-state index is -0.270. The summed E-state index contributed by atoms with van der Waals surface area (Å²) in [6, 6.07) is 12.8. The molecule has 2 amide bonds. The van der Waals surface area contributed by atoms with Crippen LogP contribution in [-0.4, -0.2) is 54.8 Å². The average Bonchev–Trinajstić information content (AvgIpc) is 3.07. The maximum atomic E-state index is 13.1. The van der Waals surface area contributed by atoms with Crippen LogP contribution in [0.1, 0.15) is 21.7 Å². The van der Waals surface area contributed by atoms with E-state index < -0.39 is 0 Å². The van der Waals surface area contributed by atoms with Gasteiger partial charge in [0.15, 0.2) is 0 Å². The van der Waals surface area contributed by atoms with Crippen molar-refractivity contribution in [3.63, 3.8) is 0 Å². The van der Waals surface area contributed by atoms with Crippen LogP contribution in [0.25, 0.3) is 6.08 Å². The Morgan fingerprint density at radius 3 is 2.58 bits per heavy atom. The van der Waals surface area contributed by atoms with E-state index in [-0.39, 0.29) is 11.8 Å². The zero-order valence-electron chi connectivity index (χ0n) is 14.9. The summed E-state index contributed by atoms with van der Waals surface area (Å²) in [6.45, 7) is 3.18. The standard InChI is InChI=1S/C20H23N3O2S/c1-22-10-6-11-23(13-12-22)20(25)18(15-17-9-5-14-26-17)21-19(24)16-7-3-2-4-8-16/h2-5,7-9,14-15H,6,10-13H2,1H3,(H,21,24)/b18-15-. The smallest absolute Gasteiger partial charge is 0.270 e. The van der Waals surface area contributed by atoms with Crippen LogP contribution < -0.4 is 5.32 Å². The van der Waals surface area contributed by atoms with E-state index in [2.05, 4.69) is 17.3 Å². The van der Waals surface area contributed by atoms with Crippen molar-refractivity contribution in [1.29, 1.82) is 0 Å². The van der Waals surface area contributed by atoms with E-state index in [9.17, 15) is 9.59 Å². The van der Waals surface area contributed by atoms with Gasteiger partial charge in [0.2, 0.25) is 0 Å². The van der Waals surface area contributed by atoms with Crippen molar-refractivity contribution in [2.24, 2.45) is 0 Å². The molecule has 0 bridgehead atoms. The van der Waals surface area contributed by atoms with Crippen LogP contribution in [0.5, 0.6) is 0 Å². The summed E-state index contributed by atoms with van der Waals surface area (Å²) in [5, 5.41) is 4.78. The molecule has 1 saturated heterocycles. The summed E-state index contributed by atoms with van der Waals surface area (Å²) in [5.41, 5.74) is 0.860. The zero-order valence-corrected chi connectivity index (χ0v) is 15.7. The van der Waals surface area contributed by atoms with Crippen LogP contribution in [0.3, 0.4) is 0 Å². The molecule has 2 heterocycles. The number of hydrogen-bond donors (Lipinski definition) is 1. The lowest BCUT2D eigenvalue weighted by Crippen LogP contribution is -2.40. The monoisotopic (exact) mass is 369 g/mol. The number of likely N-dealkylation sites (N-methyl/N-ethyl adjacent to an activating group) is 1. The molecular formula is C20H23N3O2S. The lowest BCUT2D eigenvalue weighted by molar-refractivity contribution is -0.127. The first-order valence-electron chi connectivity index (χ1n) is 8.73. The number of carbonyl (C=O) groups is 2. The minimum Gasteiger partial charge on any atom is -0.336 e. The van der Waals surface area contributed by atoms with Crippen molar-refractivity contribution >= 4 is 29.2 Å². The number of carbonyl (C=O) groups excluding carboxylic acids is 2. The quantitative estimate of drug-likeness (QED) is 0.843. The highest BCUT2D eigenvalue weighted by atomic mass is 32.1. The normalized spacial score (nSPS) is 16.2. The predicted molar refractivity (Wildman–Crippen MR) is 105 cm³/mol. The predicted octanol–water partition coefficient (Wildman–Crippen LogP) is 2.68. The summed E-state index contributed by atoms with van der Waals surface area (Å²) < 4.78 is 0. The highest BCUT2D eigenvalue weighted by Gasteiger charge is 2.22. The van der Waals surface area contributed by atoms with Gasteiger partial charge in [0.1, 0.15) is 5.70 Å². The van der Waals surface area contributed by atoms with Crippen LogP contribution in [0, 0.1) is 0 Å². The molecule has 0 aliphatic carbocycles. The molecule has 1 fully saturated rings. The molecule has 2 aromatic rings. The van der Waals surface area contributed by atoms with Crippen LogP contribution in [0.4, 0.5) is 0 Å². The van der Waals surface area contributed by atoms with E-state index in [1.165, 1.54) is 11.3 Å². The van der Waals surface area contributed by atoms with Crippen molar-refractivity contribution in [1.82, 2.24) is 15.1 Å². The first-order chi connectivity index (χ1) is 12.6. The molecule has 1 aliphatic rings. The Morgan fingerprint density at radius 2 is 1.85 bits per heavy atom. The second-order valence-electron chi connectivity index (χ2n) is 6.34. The van der Waals surface area contributed by atoms with Gasteiger partial charge >= 0.3 is 0 Å². The summed E-state index contributed by atoms with van der Waals surface area (Å²) in [5.74, 6) is -0.397. The molecule has 0 saturated carbocycles. The van der Waals surface area contributed by atoms with Gasteiger partial charge in [-0.15, -0.1) is 11.3 Å². The molecule has 0 atom stereocenters. The largest absolute Gasteiger partial charge is 0.336 e. The van der Waals surface area contributed by atoms with Crippen molar-refractivity contribution in [3.8, 4) is 0 Å². The lowest BCUT2D eigenvalue weighted by atomic mass is 10.2. The number of nitrogens with one attached hydrogen (secondary N) is 1. The highest BCUT2D eigenvalue weighted by Crippen LogP contribution is 2.15. The first-order valence-corrected chi connectivity index (χ1v) is 9.61. The van der Waals surface area contributed by atoms with Gasteiger partial charge in [0.25, 0.3) is 11.8 Å². The van der Waals surface area contributed by atoms with Crippen LogP contribution in [0.15, 0.2) is 53.5 Å². The molecule has 1 N–H and O–H groups in total. The second kappa shape index (κ2) is 8.78. The van der Waals surface area contributed by atoms with Gasteiger partial charge in [-0.3, -0.25) is 9.59 Å². The van der Waals surface area contributed by atoms with Crippen molar-refractivity contribution in [2.75, 3.05) is 33.2 Å². The third-order valence-electron chi connectivity index (χ3n) is 4.35. The van der Waals surface area contributed by atoms with E-state index in [1.54, 1.807) is 18.2 Å². The van der Waals surface area contributed by atoms with E-state index in [0.29, 0.717) is 24.4 Å². The third-order valence-corrected chi connectivity index (χ3v) is 5.17. The fourth-order valence-corrected chi connectivity index (χ4v) is 3.53. The number of amides is 2. The number of benzene rings is 1. The number of nitrogens with zero attached hydrogens (tertiary/aromatic N) is 2. The molecule has 1 aliphatic heterocycles. The van der Waals surface area contributed by atoms with Gasteiger partial charge in [0.05, 0.1) is 0 Å². The van der Waals surface area contributed by atoms with E-state index in [4.69, 9.17) is 0 Å². The van der Waals surface area contributed by atoms with Gasteiger partial charge in [-0.25, -0.2) is 0 Å². The Balaban J connectivity index is 1.81. The molecule has 0 unspecified atom stereocenters. The molecule has 136 valence electrons. The maximum Gasteiger partial charge on any atom is 0.270 e. The summed E-state index contributed by atoms with van der Waals surface area (Å²) in [6.07, 6.45) is 2.70. The van der Waals surface area contributed by atoms with E-state index in [1.807, 2.05) is 40.6 Å². The van der Waals surface area contributed by atoms with Gasteiger partial charge in [-0.2, -0.15) is 0 Å². The van der Waals surface area contributed by atoms with E-state index >= 15 is 0 Å². The molecule has 26 heavy (non-hydrogen) atoms. The molecule has 5 nitrogen and oxygen atoms in total. The van der Waals surface area contributed by atoms with Crippen molar-refractivity contribution in [3.05, 3.63) is 64.0 Å². The third kappa shape index (κ3) is 4.80. The molecule has 0 spiro atoms. The zero-order chi connectivity index (χ0) is 18.4. The van der Waals surface area contributed by atoms with E-state index in [0.717, 1.165) is 24.4 Å². The van der Waals surface area contributed by atoms with Gasteiger partial charge < -0.3 is 15.1 Å². The SMILES string of the molecule is CN1CCCN(C(=O)/C(=C/c2cccs2)NC(=O)c2ccccc2)CC1. The Bertz CT molecular complexity index is 772. The molecular weight excluding hydrogens is 346 g/mol. The molecule has 3 rings (SSSR count). The Morgan fingerprint density at radius 1 is 1.04 bits per heavy atom. The summed E-state index contributed by atoms with van der Waals surface area (Å²) in [4.78, 5) is 30.6. The fraction of sp³-hybridized carbons (Fsp3) is 0.300. The second-order valence-corrected chi connectivity index (χ2v) is 7.32. The Hall–Kier alpha value is -2.44. The number of rotatable bonds is 4. The summed E-state index contributed by atoms with van der Waals surface area (Å²) >= 11 is 1.54. The highest BCUT2D eigenvalue weighted by molar-refractivity contribution is 7.10. The maximum absolute atomic E-state index is 13.1. The Kier molecular flexibility index (Phi) is 6.20. The van der Waals surface area contributed by atoms with Crippen molar-refractivity contribution < 1.29 is 9.59 Å². The molecule has 1 aromatic heterocycles. The van der Waals surface area contributed by atoms with Crippen LogP contribution >= 0.6 is 11.3 Å². The molecule has 6 heteroatoms. The van der Waals surface area contributed by atoms with Crippen LogP contribution in [0.2, 0.25) is 0 Å². The van der Waals surface area contributed by atoms with Gasteiger partial charge in [-0.1, -0.05) is 24.3 Å². The Labute approximate surface area is 157 Å². The van der Waals surface area contributed by atoms with Crippen molar-refractivity contribution in [2.45, 2.75) is 6.42 Å². The van der Waals surface area contributed by atoms with Gasteiger partial charge in [-0.05, 0) is 49.7 Å². The number of hydrogen-bond acceptors (Lipinski definition) is 4. The lowest BCUT2D eigenvalue weighted by Gasteiger charge is -2.22.